The number of hydrogen-bond acceptors (Lipinski definition) is 3. The van der Waals surface area contributed by atoms with Crippen LogP contribution in [0.3, 0.4) is 0 Å². The fourth-order valence-electron chi connectivity index (χ4n) is 2.67. The number of hydrogen-bond donors (Lipinski definition) is 0. The highest BCUT2D eigenvalue weighted by molar-refractivity contribution is 6.08. The van der Waals surface area contributed by atoms with E-state index in [0.717, 1.165) is 27.7 Å². The first kappa shape index (κ1) is 12.5. The third kappa shape index (κ3) is 1.99. The molecule has 0 aliphatic rings. The summed E-state index contributed by atoms with van der Waals surface area (Å²) in [7, 11) is 0. The summed E-state index contributed by atoms with van der Waals surface area (Å²) in [6.45, 7) is 4.27. The summed E-state index contributed by atoms with van der Waals surface area (Å²) in [6, 6.07) is 7.99. The molecule has 0 bridgehead atoms. The SMILES string of the molecule is CC(=O)c1c(C)n(Cc2cncnc2)c2ccccc12. The van der Waals surface area contributed by atoms with E-state index in [2.05, 4.69) is 14.5 Å². The Balaban J connectivity index is 2.20. The standard InChI is InChI=1S/C16H15N3O/c1-11-16(12(2)20)14-5-3-4-6-15(14)19(11)9-13-7-17-10-18-8-13/h3-8,10H,9H2,1-2H3. The highest BCUT2D eigenvalue weighted by Gasteiger charge is 2.16. The molecule has 2 heterocycles. The first-order valence-corrected chi connectivity index (χ1v) is 6.51. The van der Waals surface area contributed by atoms with Crippen molar-refractivity contribution < 1.29 is 4.79 Å². The second-order valence-electron chi connectivity index (χ2n) is 4.87. The van der Waals surface area contributed by atoms with Gasteiger partial charge in [0.05, 0.1) is 6.54 Å². The number of ketones is 1. The number of carbonyl (C=O) groups is 1. The number of para-hydroxylation sites is 1. The van der Waals surface area contributed by atoms with Gasteiger partial charge < -0.3 is 4.57 Å². The zero-order chi connectivity index (χ0) is 14.1. The van der Waals surface area contributed by atoms with Gasteiger partial charge in [0, 0.05) is 40.1 Å². The van der Waals surface area contributed by atoms with E-state index in [1.807, 2.05) is 31.2 Å². The molecule has 0 amide bonds. The molecule has 0 fully saturated rings. The number of Topliss-reactive ketones (excluding diaryl/α,β-unsaturated/α-hetero) is 1. The fourth-order valence-corrected chi connectivity index (χ4v) is 2.67. The molecule has 0 saturated heterocycles. The quantitative estimate of drug-likeness (QED) is 0.684. The minimum Gasteiger partial charge on any atom is -0.340 e. The van der Waals surface area contributed by atoms with E-state index in [-0.39, 0.29) is 5.78 Å². The van der Waals surface area contributed by atoms with Crippen molar-refractivity contribution >= 4 is 16.7 Å². The van der Waals surface area contributed by atoms with E-state index in [1.165, 1.54) is 6.33 Å². The zero-order valence-corrected chi connectivity index (χ0v) is 11.5. The van der Waals surface area contributed by atoms with Crippen LogP contribution in [0.25, 0.3) is 10.9 Å². The lowest BCUT2D eigenvalue weighted by Crippen LogP contribution is -2.04. The molecule has 0 spiro atoms. The molecule has 2 aromatic heterocycles. The molecule has 0 aliphatic heterocycles. The highest BCUT2D eigenvalue weighted by Crippen LogP contribution is 2.26. The zero-order valence-electron chi connectivity index (χ0n) is 11.5. The molecule has 3 rings (SSSR count). The summed E-state index contributed by atoms with van der Waals surface area (Å²) in [5.74, 6) is 0.0989. The van der Waals surface area contributed by atoms with E-state index >= 15 is 0 Å². The summed E-state index contributed by atoms with van der Waals surface area (Å²) in [6.07, 6.45) is 5.12. The average molecular weight is 265 g/mol. The van der Waals surface area contributed by atoms with Gasteiger partial charge in [0.25, 0.3) is 0 Å². The fraction of sp³-hybridized carbons (Fsp3) is 0.188. The van der Waals surface area contributed by atoms with Crippen LogP contribution in [0.1, 0.15) is 28.5 Å². The minimum absolute atomic E-state index is 0.0989. The van der Waals surface area contributed by atoms with Gasteiger partial charge in [-0.25, -0.2) is 9.97 Å². The van der Waals surface area contributed by atoms with Crippen molar-refractivity contribution in [2.45, 2.75) is 20.4 Å². The Kier molecular flexibility index (Phi) is 3.06. The van der Waals surface area contributed by atoms with Gasteiger partial charge >= 0.3 is 0 Å². The van der Waals surface area contributed by atoms with E-state index in [0.29, 0.717) is 6.54 Å². The van der Waals surface area contributed by atoms with Crippen LogP contribution >= 0.6 is 0 Å². The molecule has 0 N–H and O–H groups in total. The lowest BCUT2D eigenvalue weighted by atomic mass is 10.1. The molecule has 0 atom stereocenters. The van der Waals surface area contributed by atoms with Crippen LogP contribution in [0.5, 0.6) is 0 Å². The molecule has 0 radical (unpaired) electrons. The van der Waals surface area contributed by atoms with Gasteiger partial charge in [-0.3, -0.25) is 4.79 Å². The van der Waals surface area contributed by atoms with Crippen LogP contribution in [0.15, 0.2) is 43.0 Å². The van der Waals surface area contributed by atoms with Crippen molar-refractivity contribution in [3.63, 3.8) is 0 Å². The Bertz CT molecular complexity index is 775. The Hall–Kier alpha value is -2.49. The van der Waals surface area contributed by atoms with Crippen LogP contribution in [-0.4, -0.2) is 20.3 Å². The molecule has 1 aromatic carbocycles. The van der Waals surface area contributed by atoms with Crippen LogP contribution in [0, 0.1) is 6.92 Å². The number of benzene rings is 1. The maximum Gasteiger partial charge on any atom is 0.162 e. The van der Waals surface area contributed by atoms with E-state index < -0.39 is 0 Å². The van der Waals surface area contributed by atoms with Crippen LogP contribution in [0.4, 0.5) is 0 Å². The number of fused-ring (bicyclic) bond motifs is 1. The minimum atomic E-state index is 0.0989. The molecule has 100 valence electrons. The van der Waals surface area contributed by atoms with Gasteiger partial charge in [-0.05, 0) is 19.9 Å². The Morgan fingerprint density at radius 3 is 2.60 bits per heavy atom. The van der Waals surface area contributed by atoms with E-state index in [9.17, 15) is 4.79 Å². The predicted octanol–water partition coefficient (Wildman–Crippen LogP) is 2.99. The summed E-state index contributed by atoms with van der Waals surface area (Å²) < 4.78 is 2.14. The van der Waals surface area contributed by atoms with E-state index in [1.54, 1.807) is 19.3 Å². The highest BCUT2D eigenvalue weighted by atomic mass is 16.1. The predicted molar refractivity (Wildman–Crippen MR) is 77.8 cm³/mol. The molecular formula is C16H15N3O. The van der Waals surface area contributed by atoms with Gasteiger partial charge in [-0.2, -0.15) is 0 Å². The normalized spacial score (nSPS) is 10.9. The van der Waals surface area contributed by atoms with Gasteiger partial charge in [0.15, 0.2) is 5.78 Å². The molecular weight excluding hydrogens is 250 g/mol. The summed E-state index contributed by atoms with van der Waals surface area (Å²) >= 11 is 0. The second-order valence-corrected chi connectivity index (χ2v) is 4.87. The largest absolute Gasteiger partial charge is 0.340 e. The maximum atomic E-state index is 11.9. The van der Waals surface area contributed by atoms with Gasteiger partial charge in [0.1, 0.15) is 6.33 Å². The molecule has 3 aromatic rings. The molecule has 0 unspecified atom stereocenters. The number of rotatable bonds is 3. The van der Waals surface area contributed by atoms with E-state index in [4.69, 9.17) is 0 Å². The lowest BCUT2D eigenvalue weighted by molar-refractivity contribution is 0.101. The Morgan fingerprint density at radius 1 is 1.20 bits per heavy atom. The van der Waals surface area contributed by atoms with Gasteiger partial charge in [-0.1, -0.05) is 18.2 Å². The summed E-state index contributed by atoms with van der Waals surface area (Å²) in [5.41, 5.74) is 3.88. The molecule has 0 saturated carbocycles. The van der Waals surface area contributed by atoms with Gasteiger partial charge in [0.2, 0.25) is 0 Å². The van der Waals surface area contributed by atoms with Crippen molar-refractivity contribution in [3.05, 3.63) is 59.8 Å². The Morgan fingerprint density at radius 2 is 1.90 bits per heavy atom. The number of carbonyl (C=O) groups excluding carboxylic acids is 1. The number of nitrogens with zero attached hydrogens (tertiary/aromatic N) is 3. The maximum absolute atomic E-state index is 11.9. The van der Waals surface area contributed by atoms with Crippen LogP contribution in [-0.2, 0) is 6.54 Å². The van der Waals surface area contributed by atoms with Crippen molar-refractivity contribution in [2.75, 3.05) is 0 Å². The second kappa shape index (κ2) is 4.89. The summed E-state index contributed by atoms with van der Waals surface area (Å²) in [4.78, 5) is 20.0. The lowest BCUT2D eigenvalue weighted by Gasteiger charge is -2.08. The average Bonchev–Trinajstić information content (AvgIpc) is 2.73. The third-order valence-corrected chi connectivity index (χ3v) is 3.54. The third-order valence-electron chi connectivity index (χ3n) is 3.54. The Labute approximate surface area is 117 Å². The van der Waals surface area contributed by atoms with Crippen LogP contribution in [0.2, 0.25) is 0 Å². The van der Waals surface area contributed by atoms with Crippen molar-refractivity contribution in [2.24, 2.45) is 0 Å². The van der Waals surface area contributed by atoms with Crippen LogP contribution < -0.4 is 0 Å². The molecule has 0 aliphatic carbocycles. The van der Waals surface area contributed by atoms with Crippen molar-refractivity contribution in [1.82, 2.24) is 14.5 Å². The first-order chi connectivity index (χ1) is 9.68. The monoisotopic (exact) mass is 265 g/mol. The first-order valence-electron chi connectivity index (χ1n) is 6.51. The smallest absolute Gasteiger partial charge is 0.162 e. The number of aromatic nitrogens is 3. The molecule has 4 heteroatoms. The summed E-state index contributed by atoms with van der Waals surface area (Å²) in [5, 5.41) is 1.01. The van der Waals surface area contributed by atoms with Crippen molar-refractivity contribution in [1.29, 1.82) is 0 Å². The van der Waals surface area contributed by atoms with Gasteiger partial charge in [-0.15, -0.1) is 0 Å². The van der Waals surface area contributed by atoms with Crippen molar-refractivity contribution in [3.8, 4) is 0 Å². The topological polar surface area (TPSA) is 47.8 Å². The molecule has 4 nitrogen and oxygen atoms in total. The molecule has 20 heavy (non-hydrogen) atoms.